The van der Waals surface area contributed by atoms with Gasteiger partial charge in [-0.05, 0) is 31.2 Å². The number of hydrogen-bond donors (Lipinski definition) is 2. The van der Waals surface area contributed by atoms with Gasteiger partial charge in [0.05, 0.1) is 5.60 Å². The lowest BCUT2D eigenvalue weighted by Gasteiger charge is -2.37. The van der Waals surface area contributed by atoms with Crippen LogP contribution in [0.25, 0.3) is 0 Å². The molecule has 1 heterocycles. The van der Waals surface area contributed by atoms with Crippen molar-refractivity contribution >= 4 is 0 Å². The third kappa shape index (κ3) is 3.69. The van der Waals surface area contributed by atoms with Crippen molar-refractivity contribution in [2.75, 3.05) is 33.4 Å². The Morgan fingerprint density at radius 3 is 2.42 bits per heavy atom. The molecule has 4 heteroatoms. The van der Waals surface area contributed by atoms with Gasteiger partial charge < -0.3 is 20.5 Å². The van der Waals surface area contributed by atoms with Crippen molar-refractivity contribution < 1.29 is 9.84 Å². The summed E-state index contributed by atoms with van der Waals surface area (Å²) in [6.45, 7) is 7.63. The standard InChI is InChI=1S/C15H30N2O2/c1-14(2)5-4-12(13(14)16)10-17(3)11-15(18)6-8-19-9-7-15/h12-13,18H,4-11,16H2,1-3H3. The van der Waals surface area contributed by atoms with E-state index in [-0.39, 0.29) is 11.5 Å². The topological polar surface area (TPSA) is 58.7 Å². The molecule has 1 aliphatic carbocycles. The molecule has 3 N–H and O–H groups in total. The van der Waals surface area contributed by atoms with Crippen molar-refractivity contribution in [1.82, 2.24) is 4.90 Å². The van der Waals surface area contributed by atoms with Crippen LogP contribution in [0.3, 0.4) is 0 Å². The molecular weight excluding hydrogens is 240 g/mol. The molecule has 1 saturated carbocycles. The van der Waals surface area contributed by atoms with Crippen LogP contribution >= 0.6 is 0 Å². The van der Waals surface area contributed by atoms with Gasteiger partial charge in [0.1, 0.15) is 0 Å². The van der Waals surface area contributed by atoms with Crippen LogP contribution in [-0.2, 0) is 4.74 Å². The Kier molecular flexibility index (Phi) is 4.56. The first-order valence-electron chi connectivity index (χ1n) is 7.57. The third-order valence-corrected chi connectivity index (χ3v) is 5.10. The largest absolute Gasteiger partial charge is 0.388 e. The minimum atomic E-state index is -0.564. The van der Waals surface area contributed by atoms with Gasteiger partial charge in [0.15, 0.2) is 0 Å². The molecule has 2 unspecified atom stereocenters. The molecule has 1 aliphatic heterocycles. The summed E-state index contributed by atoms with van der Waals surface area (Å²) in [5.74, 6) is 0.559. The Bertz CT molecular complexity index is 301. The van der Waals surface area contributed by atoms with E-state index >= 15 is 0 Å². The van der Waals surface area contributed by atoms with Gasteiger partial charge in [0, 0.05) is 45.2 Å². The quantitative estimate of drug-likeness (QED) is 0.806. The molecule has 0 radical (unpaired) electrons. The number of nitrogens with two attached hydrogens (primary N) is 1. The zero-order valence-corrected chi connectivity index (χ0v) is 12.7. The Hall–Kier alpha value is -0.160. The summed E-state index contributed by atoms with van der Waals surface area (Å²) in [5.41, 5.74) is 6.06. The molecule has 2 rings (SSSR count). The van der Waals surface area contributed by atoms with Crippen LogP contribution in [0.4, 0.5) is 0 Å². The fraction of sp³-hybridized carbons (Fsp3) is 1.00. The maximum atomic E-state index is 10.5. The second-order valence-corrected chi connectivity index (χ2v) is 7.35. The molecule has 2 atom stereocenters. The number of likely N-dealkylation sites (N-methyl/N-ethyl adjacent to an activating group) is 1. The van der Waals surface area contributed by atoms with Gasteiger partial charge in [-0.3, -0.25) is 0 Å². The van der Waals surface area contributed by atoms with Gasteiger partial charge in [0.25, 0.3) is 0 Å². The number of hydrogen-bond acceptors (Lipinski definition) is 4. The van der Waals surface area contributed by atoms with Crippen LogP contribution in [0.1, 0.15) is 39.5 Å². The van der Waals surface area contributed by atoms with Crippen molar-refractivity contribution in [3.05, 3.63) is 0 Å². The molecule has 112 valence electrons. The third-order valence-electron chi connectivity index (χ3n) is 5.10. The number of aliphatic hydroxyl groups is 1. The predicted molar refractivity (Wildman–Crippen MR) is 77.0 cm³/mol. The first kappa shape index (κ1) is 15.2. The summed E-state index contributed by atoms with van der Waals surface area (Å²) >= 11 is 0. The Morgan fingerprint density at radius 1 is 1.26 bits per heavy atom. The van der Waals surface area contributed by atoms with Crippen molar-refractivity contribution in [3.63, 3.8) is 0 Å². The van der Waals surface area contributed by atoms with Crippen LogP contribution < -0.4 is 5.73 Å². The highest BCUT2D eigenvalue weighted by molar-refractivity contribution is 4.95. The van der Waals surface area contributed by atoms with Gasteiger partial charge in [-0.1, -0.05) is 13.8 Å². The molecule has 0 aromatic heterocycles. The molecule has 1 saturated heterocycles. The lowest BCUT2D eigenvalue weighted by atomic mass is 9.85. The zero-order valence-electron chi connectivity index (χ0n) is 12.7. The SMILES string of the molecule is CN(CC1CCC(C)(C)C1N)CC1(O)CCOCC1. The van der Waals surface area contributed by atoms with Gasteiger partial charge in [-0.25, -0.2) is 0 Å². The van der Waals surface area contributed by atoms with Crippen LogP contribution in [-0.4, -0.2) is 55.0 Å². The summed E-state index contributed by atoms with van der Waals surface area (Å²) in [6.07, 6.45) is 3.92. The molecule has 0 aromatic carbocycles. The van der Waals surface area contributed by atoms with Crippen molar-refractivity contribution in [2.45, 2.75) is 51.2 Å². The molecule has 0 aromatic rings. The van der Waals surface area contributed by atoms with E-state index in [1.54, 1.807) is 0 Å². The fourth-order valence-corrected chi connectivity index (χ4v) is 3.62. The molecule has 0 bridgehead atoms. The second-order valence-electron chi connectivity index (χ2n) is 7.35. The normalized spacial score (nSPS) is 33.8. The average molecular weight is 270 g/mol. The summed E-state index contributed by atoms with van der Waals surface area (Å²) in [4.78, 5) is 2.26. The van der Waals surface area contributed by atoms with Crippen molar-refractivity contribution in [1.29, 1.82) is 0 Å². The summed E-state index contributed by atoms with van der Waals surface area (Å²) in [7, 11) is 2.10. The predicted octanol–water partition coefficient (Wildman–Crippen LogP) is 1.22. The lowest BCUT2D eigenvalue weighted by molar-refractivity contribution is -0.0782. The molecule has 2 aliphatic rings. The van der Waals surface area contributed by atoms with Crippen LogP contribution in [0, 0.1) is 11.3 Å². The van der Waals surface area contributed by atoms with E-state index in [1.807, 2.05) is 0 Å². The molecule has 0 amide bonds. The van der Waals surface area contributed by atoms with Crippen molar-refractivity contribution in [3.8, 4) is 0 Å². The Labute approximate surface area is 117 Å². The molecule has 0 spiro atoms. The average Bonchev–Trinajstić information content (AvgIpc) is 2.56. The molecule has 19 heavy (non-hydrogen) atoms. The minimum Gasteiger partial charge on any atom is -0.388 e. The maximum Gasteiger partial charge on any atom is 0.0817 e. The summed E-state index contributed by atoms with van der Waals surface area (Å²) in [6, 6.07) is 0.277. The van der Waals surface area contributed by atoms with Crippen LogP contribution in [0.2, 0.25) is 0 Å². The lowest BCUT2D eigenvalue weighted by Crippen LogP contribution is -2.48. The number of rotatable bonds is 4. The van der Waals surface area contributed by atoms with E-state index in [1.165, 1.54) is 12.8 Å². The summed E-state index contributed by atoms with van der Waals surface area (Å²) < 4.78 is 5.33. The minimum absolute atomic E-state index is 0.265. The van der Waals surface area contributed by atoms with E-state index in [0.717, 1.165) is 25.9 Å². The van der Waals surface area contributed by atoms with Gasteiger partial charge in [0.2, 0.25) is 0 Å². The second kappa shape index (κ2) is 5.68. The van der Waals surface area contributed by atoms with Gasteiger partial charge >= 0.3 is 0 Å². The highest BCUT2D eigenvalue weighted by Crippen LogP contribution is 2.40. The fourth-order valence-electron chi connectivity index (χ4n) is 3.62. The first-order chi connectivity index (χ1) is 8.82. The highest BCUT2D eigenvalue weighted by Gasteiger charge is 2.40. The number of nitrogens with zero attached hydrogens (tertiary/aromatic N) is 1. The van der Waals surface area contributed by atoms with E-state index in [2.05, 4.69) is 25.8 Å². The van der Waals surface area contributed by atoms with E-state index in [0.29, 0.717) is 19.1 Å². The maximum absolute atomic E-state index is 10.5. The van der Waals surface area contributed by atoms with Crippen LogP contribution in [0.5, 0.6) is 0 Å². The highest BCUT2D eigenvalue weighted by atomic mass is 16.5. The smallest absolute Gasteiger partial charge is 0.0817 e. The molecular formula is C15H30N2O2. The Morgan fingerprint density at radius 2 is 1.89 bits per heavy atom. The van der Waals surface area contributed by atoms with Crippen LogP contribution in [0.15, 0.2) is 0 Å². The van der Waals surface area contributed by atoms with Gasteiger partial charge in [-0.2, -0.15) is 0 Å². The zero-order chi connectivity index (χ0) is 14.1. The summed E-state index contributed by atoms with van der Waals surface area (Å²) in [5, 5.41) is 10.5. The Balaban J connectivity index is 1.83. The molecule has 2 fully saturated rings. The monoisotopic (exact) mass is 270 g/mol. The van der Waals surface area contributed by atoms with E-state index in [4.69, 9.17) is 10.5 Å². The first-order valence-corrected chi connectivity index (χ1v) is 7.57. The van der Waals surface area contributed by atoms with E-state index < -0.39 is 5.60 Å². The van der Waals surface area contributed by atoms with E-state index in [9.17, 15) is 5.11 Å². The van der Waals surface area contributed by atoms with Crippen molar-refractivity contribution in [2.24, 2.45) is 17.1 Å². The molecule has 4 nitrogen and oxygen atoms in total. The van der Waals surface area contributed by atoms with Gasteiger partial charge in [-0.15, -0.1) is 0 Å². The number of ether oxygens (including phenoxy) is 1.